The molecule has 1 aromatic carbocycles. The molecule has 1 aliphatic rings. The predicted octanol–water partition coefficient (Wildman–Crippen LogP) is 3.71. The number of anilines is 1. The van der Waals surface area contributed by atoms with E-state index in [4.69, 9.17) is 16.3 Å². The zero-order chi connectivity index (χ0) is 15.2. The van der Waals surface area contributed by atoms with Crippen LogP contribution in [-0.2, 0) is 14.3 Å². The van der Waals surface area contributed by atoms with E-state index in [2.05, 4.69) is 5.32 Å². The minimum absolute atomic E-state index is 0.0413. The summed E-state index contributed by atoms with van der Waals surface area (Å²) in [4.78, 5) is 23.6. The van der Waals surface area contributed by atoms with Crippen LogP contribution in [0, 0.1) is 12.8 Å². The minimum atomic E-state index is -0.348. The largest absolute Gasteiger partial charge is 0.455 e. The fourth-order valence-corrected chi connectivity index (χ4v) is 2.64. The summed E-state index contributed by atoms with van der Waals surface area (Å²) in [6.45, 7) is 1.64. The third kappa shape index (κ3) is 4.74. The second-order valence-electron chi connectivity index (χ2n) is 5.45. The van der Waals surface area contributed by atoms with Crippen LogP contribution >= 0.6 is 11.6 Å². The number of rotatable bonds is 4. The van der Waals surface area contributed by atoms with Gasteiger partial charge >= 0.3 is 5.97 Å². The Balaban J connectivity index is 1.78. The van der Waals surface area contributed by atoms with Crippen molar-refractivity contribution >= 4 is 29.2 Å². The lowest BCUT2D eigenvalue weighted by atomic mass is 9.89. The lowest BCUT2D eigenvalue weighted by Gasteiger charge is -2.19. The number of nitrogens with one attached hydrogen (secondary N) is 1. The Hall–Kier alpha value is -1.55. The van der Waals surface area contributed by atoms with Crippen LogP contribution in [0.15, 0.2) is 18.2 Å². The lowest BCUT2D eigenvalue weighted by molar-refractivity contribution is -0.152. The molecule has 1 saturated carbocycles. The molecular weight excluding hydrogens is 290 g/mol. The number of carbonyl (C=O) groups excluding carboxylic acids is 2. The van der Waals surface area contributed by atoms with Crippen LogP contribution in [0.25, 0.3) is 0 Å². The standard InChI is InChI=1S/C16H20ClNO3/c1-11-7-8-13(9-14(11)17)18-15(19)10-21-16(20)12-5-3-2-4-6-12/h7-9,12H,2-6,10H2,1H3,(H,18,19). The zero-order valence-corrected chi connectivity index (χ0v) is 12.9. The molecule has 1 amide bonds. The molecule has 0 spiro atoms. The van der Waals surface area contributed by atoms with Crippen LogP contribution in [0.1, 0.15) is 37.7 Å². The molecule has 1 aliphatic carbocycles. The van der Waals surface area contributed by atoms with E-state index >= 15 is 0 Å². The molecule has 0 saturated heterocycles. The van der Waals surface area contributed by atoms with Gasteiger partial charge in [-0.05, 0) is 37.5 Å². The van der Waals surface area contributed by atoms with E-state index in [1.165, 1.54) is 6.42 Å². The Kier molecular flexibility index (Phi) is 5.62. The summed E-state index contributed by atoms with van der Waals surface area (Å²) in [5.74, 6) is -0.647. The first kappa shape index (κ1) is 15.8. The van der Waals surface area contributed by atoms with Gasteiger partial charge in [-0.3, -0.25) is 9.59 Å². The summed E-state index contributed by atoms with van der Waals surface area (Å²) >= 11 is 5.99. The number of hydrogen-bond acceptors (Lipinski definition) is 3. The zero-order valence-electron chi connectivity index (χ0n) is 12.2. The molecule has 0 bridgehead atoms. The highest BCUT2D eigenvalue weighted by atomic mass is 35.5. The molecule has 1 N–H and O–H groups in total. The van der Waals surface area contributed by atoms with Gasteiger partial charge in [0.1, 0.15) is 0 Å². The second-order valence-corrected chi connectivity index (χ2v) is 5.86. The second kappa shape index (κ2) is 7.46. The van der Waals surface area contributed by atoms with Crippen molar-refractivity contribution in [1.82, 2.24) is 0 Å². The molecule has 0 atom stereocenters. The van der Waals surface area contributed by atoms with Crippen LogP contribution in [0.5, 0.6) is 0 Å². The van der Waals surface area contributed by atoms with E-state index in [-0.39, 0.29) is 24.4 Å². The van der Waals surface area contributed by atoms with Crippen molar-refractivity contribution in [2.75, 3.05) is 11.9 Å². The van der Waals surface area contributed by atoms with Gasteiger partial charge in [0.2, 0.25) is 0 Å². The summed E-state index contributed by atoms with van der Waals surface area (Å²) in [5, 5.41) is 3.26. The molecule has 2 rings (SSSR count). The Morgan fingerprint density at radius 1 is 1.29 bits per heavy atom. The average Bonchev–Trinajstić information content (AvgIpc) is 2.49. The van der Waals surface area contributed by atoms with Crippen molar-refractivity contribution in [3.63, 3.8) is 0 Å². The highest BCUT2D eigenvalue weighted by Gasteiger charge is 2.23. The molecule has 0 radical (unpaired) electrons. The Labute approximate surface area is 129 Å². The van der Waals surface area contributed by atoms with Gasteiger partial charge in [-0.2, -0.15) is 0 Å². The summed E-state index contributed by atoms with van der Waals surface area (Å²) < 4.78 is 5.09. The van der Waals surface area contributed by atoms with E-state index in [1.807, 2.05) is 13.0 Å². The average molecular weight is 310 g/mol. The van der Waals surface area contributed by atoms with E-state index in [9.17, 15) is 9.59 Å². The van der Waals surface area contributed by atoms with Crippen LogP contribution in [0.3, 0.4) is 0 Å². The minimum Gasteiger partial charge on any atom is -0.455 e. The van der Waals surface area contributed by atoms with Crippen molar-refractivity contribution in [1.29, 1.82) is 0 Å². The Bertz CT molecular complexity index is 524. The quantitative estimate of drug-likeness (QED) is 0.863. The van der Waals surface area contributed by atoms with Crippen molar-refractivity contribution in [3.05, 3.63) is 28.8 Å². The summed E-state index contributed by atoms with van der Waals surface area (Å²) in [5.41, 5.74) is 1.54. The van der Waals surface area contributed by atoms with Gasteiger partial charge in [0, 0.05) is 10.7 Å². The molecule has 0 heterocycles. The first-order valence-electron chi connectivity index (χ1n) is 7.29. The molecule has 114 valence electrons. The molecule has 1 aromatic rings. The molecule has 4 nitrogen and oxygen atoms in total. The van der Waals surface area contributed by atoms with Gasteiger partial charge in [0.05, 0.1) is 5.92 Å². The highest BCUT2D eigenvalue weighted by molar-refractivity contribution is 6.31. The fourth-order valence-electron chi connectivity index (χ4n) is 2.46. The third-order valence-electron chi connectivity index (χ3n) is 3.74. The molecular formula is C16H20ClNO3. The van der Waals surface area contributed by atoms with E-state index in [0.717, 1.165) is 31.2 Å². The first-order chi connectivity index (χ1) is 10.1. The van der Waals surface area contributed by atoms with Gasteiger partial charge in [-0.25, -0.2) is 0 Å². The smallest absolute Gasteiger partial charge is 0.309 e. The number of benzene rings is 1. The molecule has 0 aliphatic heterocycles. The Morgan fingerprint density at radius 2 is 2.00 bits per heavy atom. The molecule has 5 heteroatoms. The number of aryl methyl sites for hydroxylation is 1. The van der Waals surface area contributed by atoms with Crippen molar-refractivity contribution in [2.24, 2.45) is 5.92 Å². The summed E-state index contributed by atoms with van der Waals surface area (Å²) in [6, 6.07) is 5.27. The van der Waals surface area contributed by atoms with Crippen LogP contribution in [-0.4, -0.2) is 18.5 Å². The SMILES string of the molecule is Cc1ccc(NC(=O)COC(=O)C2CCCCC2)cc1Cl. The van der Waals surface area contributed by atoms with Gasteiger partial charge in [0.15, 0.2) is 6.61 Å². The van der Waals surface area contributed by atoms with Crippen LogP contribution < -0.4 is 5.32 Å². The van der Waals surface area contributed by atoms with Crippen molar-refractivity contribution in [3.8, 4) is 0 Å². The molecule has 0 aromatic heterocycles. The lowest BCUT2D eigenvalue weighted by Crippen LogP contribution is -2.26. The molecule has 21 heavy (non-hydrogen) atoms. The van der Waals surface area contributed by atoms with E-state index in [0.29, 0.717) is 10.7 Å². The van der Waals surface area contributed by atoms with Crippen molar-refractivity contribution in [2.45, 2.75) is 39.0 Å². The maximum absolute atomic E-state index is 11.8. The highest BCUT2D eigenvalue weighted by Crippen LogP contribution is 2.24. The normalized spacial score (nSPS) is 15.5. The number of ether oxygens (including phenoxy) is 1. The maximum Gasteiger partial charge on any atom is 0.309 e. The first-order valence-corrected chi connectivity index (χ1v) is 7.66. The number of esters is 1. The van der Waals surface area contributed by atoms with E-state index in [1.54, 1.807) is 12.1 Å². The van der Waals surface area contributed by atoms with Gasteiger partial charge in [0.25, 0.3) is 5.91 Å². The molecule has 0 unspecified atom stereocenters. The summed E-state index contributed by atoms with van der Waals surface area (Å²) in [6.07, 6.45) is 5.04. The van der Waals surface area contributed by atoms with Crippen LogP contribution in [0.2, 0.25) is 5.02 Å². The number of hydrogen-bond donors (Lipinski definition) is 1. The van der Waals surface area contributed by atoms with Crippen LogP contribution in [0.4, 0.5) is 5.69 Å². The third-order valence-corrected chi connectivity index (χ3v) is 4.15. The predicted molar refractivity (Wildman–Crippen MR) is 82.4 cm³/mol. The molecule has 1 fully saturated rings. The van der Waals surface area contributed by atoms with Crippen molar-refractivity contribution < 1.29 is 14.3 Å². The monoisotopic (exact) mass is 309 g/mol. The van der Waals surface area contributed by atoms with Gasteiger partial charge in [-0.1, -0.05) is 36.9 Å². The fraction of sp³-hybridized carbons (Fsp3) is 0.500. The number of amides is 1. The van der Waals surface area contributed by atoms with Gasteiger partial charge < -0.3 is 10.1 Å². The Morgan fingerprint density at radius 3 is 2.67 bits per heavy atom. The van der Waals surface area contributed by atoms with E-state index < -0.39 is 0 Å². The summed E-state index contributed by atoms with van der Waals surface area (Å²) in [7, 11) is 0. The topological polar surface area (TPSA) is 55.4 Å². The van der Waals surface area contributed by atoms with Gasteiger partial charge in [-0.15, -0.1) is 0 Å². The number of carbonyl (C=O) groups is 2. The number of halogens is 1. The maximum atomic E-state index is 11.8.